The molecule has 1 aromatic rings. The van der Waals surface area contributed by atoms with Crippen LogP contribution in [-0.2, 0) is 9.53 Å². The Morgan fingerprint density at radius 2 is 1.88 bits per heavy atom. The highest BCUT2D eigenvalue weighted by Gasteiger charge is 2.14. The minimum Gasteiger partial charge on any atom is -0.475 e. The summed E-state index contributed by atoms with van der Waals surface area (Å²) in [6.07, 6.45) is 2.35. The molecule has 82 valence electrons. The third kappa shape index (κ3) is 3.09. The monoisotopic (exact) mass is 218 g/mol. The normalized spacial score (nSPS) is 10.6. The van der Waals surface area contributed by atoms with Crippen molar-refractivity contribution in [3.63, 3.8) is 0 Å². The van der Waals surface area contributed by atoms with Crippen molar-refractivity contribution < 1.29 is 19.4 Å². The number of allylic oxidation sites excluding steroid dienone is 2. The SMILES string of the molecule is C=C/C=C(/OC(=O)c1ccccc1)C(=O)O. The highest BCUT2D eigenvalue weighted by molar-refractivity contribution is 5.95. The topological polar surface area (TPSA) is 63.6 Å². The summed E-state index contributed by atoms with van der Waals surface area (Å²) in [5.74, 6) is -2.48. The minimum absolute atomic E-state index is 0.290. The number of hydrogen-bond acceptors (Lipinski definition) is 3. The highest BCUT2D eigenvalue weighted by Crippen LogP contribution is 2.06. The van der Waals surface area contributed by atoms with Gasteiger partial charge in [-0.3, -0.25) is 0 Å². The van der Waals surface area contributed by atoms with E-state index in [1.807, 2.05) is 0 Å². The Bertz CT molecular complexity index is 432. The molecule has 0 heterocycles. The third-order valence-corrected chi connectivity index (χ3v) is 1.69. The summed E-state index contributed by atoms with van der Waals surface area (Å²) in [5, 5.41) is 8.71. The summed E-state index contributed by atoms with van der Waals surface area (Å²) < 4.78 is 4.69. The van der Waals surface area contributed by atoms with Gasteiger partial charge in [0.1, 0.15) is 0 Å². The number of carboxylic acid groups (broad SMARTS) is 1. The van der Waals surface area contributed by atoms with Crippen LogP contribution < -0.4 is 0 Å². The van der Waals surface area contributed by atoms with Crippen molar-refractivity contribution >= 4 is 11.9 Å². The molecule has 1 N–H and O–H groups in total. The Hall–Kier alpha value is -2.36. The number of carboxylic acids is 1. The minimum atomic E-state index is -1.32. The zero-order chi connectivity index (χ0) is 12.0. The molecule has 0 saturated carbocycles. The lowest BCUT2D eigenvalue weighted by Crippen LogP contribution is -2.11. The molecule has 0 aliphatic heterocycles. The van der Waals surface area contributed by atoms with Gasteiger partial charge in [-0.2, -0.15) is 0 Å². The fourth-order valence-electron chi connectivity index (χ4n) is 0.989. The number of benzene rings is 1. The van der Waals surface area contributed by atoms with E-state index in [0.717, 1.165) is 6.08 Å². The summed E-state index contributed by atoms with van der Waals surface area (Å²) in [4.78, 5) is 22.1. The smallest absolute Gasteiger partial charge is 0.371 e. The van der Waals surface area contributed by atoms with Crippen LogP contribution in [-0.4, -0.2) is 17.0 Å². The van der Waals surface area contributed by atoms with Gasteiger partial charge in [-0.15, -0.1) is 0 Å². The van der Waals surface area contributed by atoms with E-state index in [0.29, 0.717) is 5.56 Å². The van der Waals surface area contributed by atoms with Gasteiger partial charge in [-0.05, 0) is 18.2 Å². The van der Waals surface area contributed by atoms with E-state index in [2.05, 4.69) is 11.3 Å². The van der Waals surface area contributed by atoms with E-state index in [9.17, 15) is 9.59 Å². The molecule has 0 fully saturated rings. The molecule has 0 aromatic heterocycles. The van der Waals surface area contributed by atoms with Crippen molar-refractivity contribution in [3.8, 4) is 0 Å². The number of carbonyl (C=O) groups excluding carboxylic acids is 1. The van der Waals surface area contributed by atoms with Crippen LogP contribution in [0.5, 0.6) is 0 Å². The molecular weight excluding hydrogens is 208 g/mol. The van der Waals surface area contributed by atoms with E-state index >= 15 is 0 Å². The maximum absolute atomic E-state index is 11.5. The largest absolute Gasteiger partial charge is 0.475 e. The first-order chi connectivity index (χ1) is 7.65. The van der Waals surface area contributed by atoms with E-state index in [4.69, 9.17) is 5.11 Å². The van der Waals surface area contributed by atoms with Crippen LogP contribution in [0.2, 0.25) is 0 Å². The van der Waals surface area contributed by atoms with Crippen LogP contribution in [0.3, 0.4) is 0 Å². The third-order valence-electron chi connectivity index (χ3n) is 1.69. The van der Waals surface area contributed by atoms with Crippen LogP contribution in [0, 0.1) is 0 Å². The second kappa shape index (κ2) is 5.50. The quantitative estimate of drug-likeness (QED) is 0.363. The average molecular weight is 218 g/mol. The Morgan fingerprint density at radius 3 is 2.38 bits per heavy atom. The van der Waals surface area contributed by atoms with Crippen LogP contribution in [0.15, 0.2) is 54.8 Å². The standard InChI is InChI=1S/C12H10O4/c1-2-6-10(11(13)14)16-12(15)9-7-4-3-5-8-9/h2-8H,1H2,(H,13,14)/b10-6+. The van der Waals surface area contributed by atoms with Gasteiger partial charge in [0.15, 0.2) is 0 Å². The summed E-state index contributed by atoms with van der Waals surface area (Å²) in [6, 6.07) is 8.14. The van der Waals surface area contributed by atoms with E-state index in [1.54, 1.807) is 18.2 Å². The predicted molar refractivity (Wildman–Crippen MR) is 57.8 cm³/mol. The summed E-state index contributed by atoms with van der Waals surface area (Å²) in [6.45, 7) is 3.33. The van der Waals surface area contributed by atoms with Crippen molar-refractivity contribution in [2.75, 3.05) is 0 Å². The molecule has 0 spiro atoms. The maximum Gasteiger partial charge on any atom is 0.371 e. The van der Waals surface area contributed by atoms with Gasteiger partial charge in [-0.1, -0.05) is 30.9 Å². The number of hydrogen-bond donors (Lipinski definition) is 1. The maximum atomic E-state index is 11.5. The lowest BCUT2D eigenvalue weighted by molar-refractivity contribution is -0.135. The predicted octanol–water partition coefficient (Wildman–Crippen LogP) is 2.00. The van der Waals surface area contributed by atoms with Crippen LogP contribution in [0.25, 0.3) is 0 Å². The fourth-order valence-corrected chi connectivity index (χ4v) is 0.989. The molecule has 0 bridgehead atoms. The molecule has 0 aliphatic carbocycles. The first-order valence-corrected chi connectivity index (χ1v) is 4.48. The molecule has 0 saturated heterocycles. The number of aliphatic carboxylic acids is 1. The van der Waals surface area contributed by atoms with E-state index in [-0.39, 0.29) is 0 Å². The number of carbonyl (C=O) groups is 2. The summed E-state index contributed by atoms with van der Waals surface area (Å²) in [5.41, 5.74) is 0.290. The summed E-state index contributed by atoms with van der Waals surface area (Å²) >= 11 is 0. The number of rotatable bonds is 4. The molecule has 0 unspecified atom stereocenters. The van der Waals surface area contributed by atoms with Crippen molar-refractivity contribution in [1.29, 1.82) is 0 Å². The fraction of sp³-hybridized carbons (Fsp3) is 0. The van der Waals surface area contributed by atoms with Crippen LogP contribution in [0.1, 0.15) is 10.4 Å². The first-order valence-electron chi connectivity index (χ1n) is 4.48. The second-order valence-corrected chi connectivity index (χ2v) is 2.83. The Balaban J connectivity index is 2.82. The van der Waals surface area contributed by atoms with Gasteiger partial charge in [0.2, 0.25) is 5.76 Å². The van der Waals surface area contributed by atoms with E-state index < -0.39 is 17.7 Å². The van der Waals surface area contributed by atoms with E-state index in [1.165, 1.54) is 18.2 Å². The molecule has 0 amide bonds. The van der Waals surface area contributed by atoms with Crippen molar-refractivity contribution in [1.82, 2.24) is 0 Å². The second-order valence-electron chi connectivity index (χ2n) is 2.83. The molecular formula is C12H10O4. The lowest BCUT2D eigenvalue weighted by Gasteiger charge is -2.03. The Kier molecular flexibility index (Phi) is 4.03. The number of ether oxygens (including phenoxy) is 1. The Morgan fingerprint density at radius 1 is 1.25 bits per heavy atom. The van der Waals surface area contributed by atoms with Crippen LogP contribution in [0.4, 0.5) is 0 Å². The molecule has 1 aromatic carbocycles. The van der Waals surface area contributed by atoms with Gasteiger partial charge in [0, 0.05) is 0 Å². The molecule has 16 heavy (non-hydrogen) atoms. The van der Waals surface area contributed by atoms with Gasteiger partial charge in [0.25, 0.3) is 0 Å². The first kappa shape index (κ1) is 11.7. The summed E-state index contributed by atoms with van der Waals surface area (Å²) in [7, 11) is 0. The van der Waals surface area contributed by atoms with Crippen molar-refractivity contribution in [2.24, 2.45) is 0 Å². The molecule has 1 rings (SSSR count). The molecule has 0 radical (unpaired) electrons. The molecule has 4 nitrogen and oxygen atoms in total. The Labute approximate surface area is 92.5 Å². The van der Waals surface area contributed by atoms with Crippen LogP contribution >= 0.6 is 0 Å². The zero-order valence-corrected chi connectivity index (χ0v) is 8.42. The van der Waals surface area contributed by atoms with Gasteiger partial charge in [0.05, 0.1) is 5.56 Å². The van der Waals surface area contributed by atoms with Crippen molar-refractivity contribution in [2.45, 2.75) is 0 Å². The highest BCUT2D eigenvalue weighted by atomic mass is 16.6. The zero-order valence-electron chi connectivity index (χ0n) is 8.42. The molecule has 0 aliphatic rings. The van der Waals surface area contributed by atoms with Gasteiger partial charge < -0.3 is 9.84 Å². The molecule has 0 atom stereocenters. The van der Waals surface area contributed by atoms with Gasteiger partial charge >= 0.3 is 11.9 Å². The average Bonchev–Trinajstić information content (AvgIpc) is 2.29. The van der Waals surface area contributed by atoms with Gasteiger partial charge in [-0.25, -0.2) is 9.59 Å². The van der Waals surface area contributed by atoms with Crippen molar-refractivity contribution in [3.05, 3.63) is 60.4 Å². The lowest BCUT2D eigenvalue weighted by atomic mass is 10.2. The molecule has 4 heteroatoms. The number of esters is 1.